The summed E-state index contributed by atoms with van der Waals surface area (Å²) in [5, 5.41) is 6.07. The Hall–Kier alpha value is -3.47. The van der Waals surface area contributed by atoms with Gasteiger partial charge in [0, 0.05) is 29.7 Å². The van der Waals surface area contributed by atoms with E-state index in [0.717, 1.165) is 16.9 Å². The summed E-state index contributed by atoms with van der Waals surface area (Å²) in [5.41, 5.74) is 3.61. The van der Waals surface area contributed by atoms with Crippen molar-refractivity contribution in [3.05, 3.63) is 89.7 Å². The van der Waals surface area contributed by atoms with Crippen molar-refractivity contribution >= 4 is 23.1 Å². The van der Waals surface area contributed by atoms with Crippen molar-refractivity contribution in [2.45, 2.75) is 13.5 Å². The number of anilines is 2. The number of carbonyl (C=O) groups excluding carboxylic acids is 2. The highest BCUT2D eigenvalue weighted by Gasteiger charge is 2.08. The lowest BCUT2D eigenvalue weighted by atomic mass is 10.1. The van der Waals surface area contributed by atoms with E-state index in [9.17, 15) is 9.59 Å². The fraction of sp³-hybridized carbons (Fsp3) is 0.0952. The minimum absolute atomic E-state index is 0.0258. The number of nitrogens with one attached hydrogen (secondary N) is 2. The van der Waals surface area contributed by atoms with Crippen molar-refractivity contribution in [3.63, 3.8) is 0 Å². The van der Waals surface area contributed by atoms with Gasteiger partial charge in [-0.05, 0) is 48.9 Å². The summed E-state index contributed by atoms with van der Waals surface area (Å²) in [4.78, 5) is 27.8. The molecule has 3 rings (SSSR count). The molecule has 130 valence electrons. The van der Waals surface area contributed by atoms with Crippen molar-refractivity contribution in [1.29, 1.82) is 0 Å². The lowest BCUT2D eigenvalue weighted by Gasteiger charge is -2.09. The number of pyridine rings is 1. The molecule has 2 aromatic carbocycles. The highest BCUT2D eigenvalue weighted by molar-refractivity contribution is 5.94. The Morgan fingerprint density at radius 1 is 0.923 bits per heavy atom. The van der Waals surface area contributed by atoms with E-state index in [1.807, 2.05) is 42.5 Å². The number of ketones is 1. The molecule has 1 heterocycles. The van der Waals surface area contributed by atoms with E-state index in [1.165, 1.54) is 6.92 Å². The molecule has 0 bridgehead atoms. The lowest BCUT2D eigenvalue weighted by Crippen LogP contribution is -2.23. The monoisotopic (exact) mass is 345 g/mol. The first-order valence-corrected chi connectivity index (χ1v) is 8.28. The fourth-order valence-corrected chi connectivity index (χ4v) is 2.46. The van der Waals surface area contributed by atoms with Gasteiger partial charge in [-0.2, -0.15) is 0 Å². The molecule has 2 N–H and O–H groups in total. The van der Waals surface area contributed by atoms with Gasteiger partial charge < -0.3 is 10.6 Å². The summed E-state index contributed by atoms with van der Waals surface area (Å²) in [5.74, 6) is -0.206. The fourth-order valence-electron chi connectivity index (χ4n) is 2.46. The van der Waals surface area contributed by atoms with Crippen molar-refractivity contribution in [2.75, 3.05) is 5.32 Å². The zero-order chi connectivity index (χ0) is 18.4. The molecule has 1 amide bonds. The number of benzene rings is 2. The number of carbonyl (C=O) groups is 2. The van der Waals surface area contributed by atoms with E-state index in [2.05, 4.69) is 15.6 Å². The van der Waals surface area contributed by atoms with Crippen LogP contribution in [0.2, 0.25) is 0 Å². The molecule has 0 saturated carbocycles. The van der Waals surface area contributed by atoms with Gasteiger partial charge in [-0.1, -0.05) is 30.3 Å². The molecule has 0 aliphatic rings. The first-order valence-electron chi connectivity index (χ1n) is 8.28. The molecule has 1 aromatic heterocycles. The van der Waals surface area contributed by atoms with Gasteiger partial charge in [0.15, 0.2) is 5.78 Å². The van der Waals surface area contributed by atoms with E-state index in [4.69, 9.17) is 0 Å². The smallest absolute Gasteiger partial charge is 0.270 e. The molecule has 0 spiro atoms. The van der Waals surface area contributed by atoms with Gasteiger partial charge in [-0.15, -0.1) is 0 Å². The Morgan fingerprint density at radius 2 is 1.65 bits per heavy atom. The Labute approximate surface area is 152 Å². The summed E-state index contributed by atoms with van der Waals surface area (Å²) in [6, 6.07) is 20.4. The van der Waals surface area contributed by atoms with Crippen molar-refractivity contribution in [1.82, 2.24) is 10.3 Å². The van der Waals surface area contributed by atoms with E-state index < -0.39 is 0 Å². The normalized spacial score (nSPS) is 10.2. The SMILES string of the molecule is CC(=O)c1ccc(Nc2ccnc(C(=O)NCc3ccccc3)c2)cc1. The molecule has 0 radical (unpaired) electrons. The van der Waals surface area contributed by atoms with Crippen LogP contribution in [0, 0.1) is 0 Å². The minimum atomic E-state index is -0.232. The van der Waals surface area contributed by atoms with Crippen molar-refractivity contribution in [2.24, 2.45) is 0 Å². The van der Waals surface area contributed by atoms with Gasteiger partial charge in [0.05, 0.1) is 0 Å². The maximum Gasteiger partial charge on any atom is 0.270 e. The second kappa shape index (κ2) is 8.07. The predicted octanol–water partition coefficient (Wildman–Crippen LogP) is 3.96. The van der Waals surface area contributed by atoms with Gasteiger partial charge in [0.1, 0.15) is 5.69 Å². The van der Waals surface area contributed by atoms with Crippen LogP contribution < -0.4 is 10.6 Å². The average molecular weight is 345 g/mol. The van der Waals surface area contributed by atoms with E-state index in [1.54, 1.807) is 30.5 Å². The topological polar surface area (TPSA) is 71.1 Å². The number of hydrogen-bond donors (Lipinski definition) is 2. The third-order valence-corrected chi connectivity index (χ3v) is 3.87. The zero-order valence-electron chi connectivity index (χ0n) is 14.4. The minimum Gasteiger partial charge on any atom is -0.355 e. The van der Waals surface area contributed by atoms with Crippen molar-refractivity contribution in [3.8, 4) is 0 Å². The van der Waals surface area contributed by atoms with Crippen LogP contribution in [0.15, 0.2) is 72.9 Å². The molecule has 0 atom stereocenters. The standard InChI is InChI=1S/C21H19N3O2/c1-15(25)17-7-9-18(10-8-17)24-19-11-12-22-20(13-19)21(26)23-14-16-5-3-2-4-6-16/h2-13H,14H2,1H3,(H,22,24)(H,23,26). The molecule has 26 heavy (non-hydrogen) atoms. The molecule has 5 heteroatoms. The maximum absolute atomic E-state index is 12.3. The summed E-state index contributed by atoms with van der Waals surface area (Å²) >= 11 is 0. The number of aromatic nitrogens is 1. The Balaban J connectivity index is 1.65. The van der Waals surface area contributed by atoms with Crippen molar-refractivity contribution < 1.29 is 9.59 Å². The Bertz CT molecular complexity index is 906. The van der Waals surface area contributed by atoms with Gasteiger partial charge in [-0.25, -0.2) is 0 Å². The zero-order valence-corrected chi connectivity index (χ0v) is 14.4. The summed E-state index contributed by atoms with van der Waals surface area (Å²) in [6.45, 7) is 1.98. The highest BCUT2D eigenvalue weighted by atomic mass is 16.1. The van der Waals surface area contributed by atoms with Crippen LogP contribution in [0.4, 0.5) is 11.4 Å². The molecule has 0 saturated heterocycles. The van der Waals surface area contributed by atoms with Gasteiger partial charge in [0.2, 0.25) is 0 Å². The number of amides is 1. The number of Topliss-reactive ketones (excluding diaryl/α,β-unsaturated/α-hetero) is 1. The highest BCUT2D eigenvalue weighted by Crippen LogP contribution is 2.17. The van der Waals surface area contributed by atoms with Gasteiger partial charge in [-0.3, -0.25) is 14.6 Å². The second-order valence-corrected chi connectivity index (χ2v) is 5.86. The average Bonchev–Trinajstić information content (AvgIpc) is 2.67. The largest absolute Gasteiger partial charge is 0.355 e. The van der Waals surface area contributed by atoms with Crippen LogP contribution >= 0.6 is 0 Å². The first-order chi connectivity index (χ1) is 12.6. The number of hydrogen-bond acceptors (Lipinski definition) is 4. The lowest BCUT2D eigenvalue weighted by molar-refractivity contribution is 0.0945. The third kappa shape index (κ3) is 4.54. The molecular weight excluding hydrogens is 326 g/mol. The molecule has 0 aliphatic heterocycles. The van der Waals surface area contributed by atoms with Crippen LogP contribution in [0.3, 0.4) is 0 Å². The second-order valence-electron chi connectivity index (χ2n) is 5.86. The molecular formula is C21H19N3O2. The van der Waals surface area contributed by atoms with Crippen LogP contribution in [-0.2, 0) is 6.54 Å². The third-order valence-electron chi connectivity index (χ3n) is 3.87. The van der Waals surface area contributed by atoms with E-state index in [-0.39, 0.29) is 11.7 Å². The molecule has 0 unspecified atom stereocenters. The van der Waals surface area contributed by atoms with E-state index in [0.29, 0.717) is 17.8 Å². The molecule has 0 fully saturated rings. The Kier molecular flexibility index (Phi) is 5.39. The predicted molar refractivity (Wildman–Crippen MR) is 102 cm³/mol. The Morgan fingerprint density at radius 3 is 2.35 bits per heavy atom. The van der Waals surface area contributed by atoms with E-state index >= 15 is 0 Å². The number of nitrogens with zero attached hydrogens (tertiary/aromatic N) is 1. The van der Waals surface area contributed by atoms with Crippen LogP contribution in [0.1, 0.15) is 33.3 Å². The molecule has 3 aromatic rings. The van der Waals surface area contributed by atoms with Crippen LogP contribution in [0.5, 0.6) is 0 Å². The maximum atomic E-state index is 12.3. The quantitative estimate of drug-likeness (QED) is 0.664. The molecule has 0 aliphatic carbocycles. The summed E-state index contributed by atoms with van der Waals surface area (Å²) < 4.78 is 0. The van der Waals surface area contributed by atoms with Crippen LogP contribution in [-0.4, -0.2) is 16.7 Å². The summed E-state index contributed by atoms with van der Waals surface area (Å²) in [7, 11) is 0. The number of rotatable bonds is 6. The van der Waals surface area contributed by atoms with Gasteiger partial charge in [0.25, 0.3) is 5.91 Å². The first kappa shape index (κ1) is 17.4. The molecule has 5 nitrogen and oxygen atoms in total. The van der Waals surface area contributed by atoms with Crippen LogP contribution in [0.25, 0.3) is 0 Å². The van der Waals surface area contributed by atoms with Gasteiger partial charge >= 0.3 is 0 Å². The summed E-state index contributed by atoms with van der Waals surface area (Å²) in [6.07, 6.45) is 1.59.